The van der Waals surface area contributed by atoms with E-state index in [1.807, 2.05) is 44.2 Å². The summed E-state index contributed by atoms with van der Waals surface area (Å²) in [6, 6.07) is 14.2. The third-order valence-electron chi connectivity index (χ3n) is 5.77. The Morgan fingerprint density at radius 3 is 2.50 bits per heavy atom. The molecule has 0 saturated carbocycles. The fourth-order valence-electron chi connectivity index (χ4n) is 4.03. The predicted octanol–water partition coefficient (Wildman–Crippen LogP) is 4.48. The van der Waals surface area contributed by atoms with Crippen LogP contribution in [0.25, 0.3) is 11.4 Å². The van der Waals surface area contributed by atoms with E-state index < -0.39 is 0 Å². The highest BCUT2D eigenvalue weighted by Gasteiger charge is 2.26. The molecule has 0 radical (unpaired) electrons. The first kappa shape index (κ1) is 20.3. The number of amides is 1. The fourth-order valence-corrected chi connectivity index (χ4v) is 4.03. The van der Waals surface area contributed by atoms with Crippen LogP contribution in [0.4, 0.5) is 5.69 Å². The lowest BCUT2D eigenvalue weighted by molar-refractivity contribution is -0.117. The largest absolute Gasteiger partial charge is 0.339 e. The Balaban J connectivity index is 1.31. The summed E-state index contributed by atoms with van der Waals surface area (Å²) in [6.45, 7) is 8.17. The van der Waals surface area contributed by atoms with E-state index in [4.69, 9.17) is 4.52 Å². The van der Waals surface area contributed by atoms with Gasteiger partial charge in [0.05, 0.1) is 6.54 Å². The first-order valence-corrected chi connectivity index (χ1v) is 10.5. The van der Waals surface area contributed by atoms with Crippen molar-refractivity contribution in [1.29, 1.82) is 0 Å². The molecule has 0 atom stereocenters. The lowest BCUT2D eigenvalue weighted by Crippen LogP contribution is -2.39. The summed E-state index contributed by atoms with van der Waals surface area (Å²) in [5, 5.41) is 7.24. The van der Waals surface area contributed by atoms with Crippen LogP contribution in [0.2, 0.25) is 0 Å². The molecule has 1 aliphatic heterocycles. The van der Waals surface area contributed by atoms with E-state index >= 15 is 0 Å². The van der Waals surface area contributed by atoms with Gasteiger partial charge in [0, 0.05) is 17.2 Å². The number of para-hydroxylation sites is 1. The number of rotatable bonds is 5. The molecule has 1 aliphatic rings. The van der Waals surface area contributed by atoms with Gasteiger partial charge in [-0.05, 0) is 63.9 Å². The highest BCUT2D eigenvalue weighted by atomic mass is 16.5. The van der Waals surface area contributed by atoms with Crippen molar-refractivity contribution in [1.82, 2.24) is 15.0 Å². The van der Waals surface area contributed by atoms with Crippen molar-refractivity contribution in [3.05, 3.63) is 65.0 Å². The summed E-state index contributed by atoms with van der Waals surface area (Å²) in [5.74, 6) is 1.62. The van der Waals surface area contributed by atoms with Gasteiger partial charge in [-0.3, -0.25) is 9.69 Å². The van der Waals surface area contributed by atoms with Gasteiger partial charge in [0.15, 0.2) is 0 Å². The normalized spacial score (nSPS) is 15.3. The van der Waals surface area contributed by atoms with Gasteiger partial charge in [-0.1, -0.05) is 47.1 Å². The molecule has 1 N–H and O–H groups in total. The average Bonchev–Trinajstić information content (AvgIpc) is 3.22. The Kier molecular flexibility index (Phi) is 5.95. The van der Waals surface area contributed by atoms with Crippen molar-refractivity contribution in [2.75, 3.05) is 25.0 Å². The molecule has 1 fully saturated rings. The van der Waals surface area contributed by atoms with Crippen LogP contribution in [0, 0.1) is 20.8 Å². The van der Waals surface area contributed by atoms with Gasteiger partial charge in [0.1, 0.15) is 0 Å². The molecule has 156 valence electrons. The van der Waals surface area contributed by atoms with E-state index in [-0.39, 0.29) is 11.8 Å². The molecular weight excluding hydrogens is 376 g/mol. The van der Waals surface area contributed by atoms with Crippen LogP contribution in [0.15, 0.2) is 47.0 Å². The molecule has 0 unspecified atom stereocenters. The summed E-state index contributed by atoms with van der Waals surface area (Å²) in [6.07, 6.45) is 1.82. The molecule has 6 nitrogen and oxygen atoms in total. The van der Waals surface area contributed by atoms with Gasteiger partial charge in [0.2, 0.25) is 17.6 Å². The Bertz CT molecular complexity index is 1010. The van der Waals surface area contributed by atoms with Gasteiger partial charge in [-0.25, -0.2) is 0 Å². The highest BCUT2D eigenvalue weighted by Crippen LogP contribution is 2.29. The summed E-state index contributed by atoms with van der Waals surface area (Å²) in [5.41, 5.74) is 5.24. The highest BCUT2D eigenvalue weighted by molar-refractivity contribution is 5.93. The van der Waals surface area contributed by atoms with Crippen molar-refractivity contribution >= 4 is 11.6 Å². The smallest absolute Gasteiger partial charge is 0.238 e. The summed E-state index contributed by atoms with van der Waals surface area (Å²) in [4.78, 5) is 19.4. The van der Waals surface area contributed by atoms with E-state index in [2.05, 4.69) is 39.4 Å². The standard InChI is InChI=1S/C24H28N4O2/c1-16-6-4-9-20(14-16)23-26-24(30-27-23)19-10-12-28(13-11-19)15-21(29)25-22-17(2)7-5-8-18(22)3/h4-9,14,19H,10-13,15H2,1-3H3,(H,25,29). The van der Waals surface area contributed by atoms with Gasteiger partial charge < -0.3 is 9.84 Å². The number of hydrogen-bond donors (Lipinski definition) is 1. The SMILES string of the molecule is Cc1cccc(-c2noc(C3CCN(CC(=O)Nc4c(C)cccc4C)CC3)n2)c1. The number of nitrogens with one attached hydrogen (secondary N) is 1. The molecule has 1 amide bonds. The number of carbonyl (C=O) groups excluding carboxylic acids is 1. The molecule has 1 aromatic heterocycles. The fraction of sp³-hybridized carbons (Fsp3) is 0.375. The van der Waals surface area contributed by atoms with Gasteiger partial charge in [-0.15, -0.1) is 0 Å². The average molecular weight is 405 g/mol. The number of carbonyl (C=O) groups is 1. The molecular formula is C24H28N4O2. The van der Waals surface area contributed by atoms with Crippen LogP contribution in [0.5, 0.6) is 0 Å². The predicted molar refractivity (Wildman–Crippen MR) is 117 cm³/mol. The molecule has 30 heavy (non-hydrogen) atoms. The molecule has 0 spiro atoms. The van der Waals surface area contributed by atoms with Crippen molar-refractivity contribution in [3.8, 4) is 11.4 Å². The number of nitrogens with zero attached hydrogens (tertiary/aromatic N) is 3. The minimum absolute atomic E-state index is 0.0328. The summed E-state index contributed by atoms with van der Waals surface area (Å²) in [7, 11) is 0. The van der Waals surface area contributed by atoms with Crippen LogP contribution < -0.4 is 5.32 Å². The van der Waals surface area contributed by atoms with Gasteiger partial charge in [-0.2, -0.15) is 4.98 Å². The van der Waals surface area contributed by atoms with Crippen molar-refractivity contribution in [2.45, 2.75) is 39.5 Å². The number of aryl methyl sites for hydroxylation is 3. The number of piperidine rings is 1. The monoisotopic (exact) mass is 404 g/mol. The number of likely N-dealkylation sites (tertiary alicyclic amines) is 1. The van der Waals surface area contributed by atoms with E-state index in [0.717, 1.165) is 48.3 Å². The number of anilines is 1. The maximum absolute atomic E-state index is 12.5. The first-order chi connectivity index (χ1) is 14.5. The van der Waals surface area contributed by atoms with Crippen LogP contribution in [0.3, 0.4) is 0 Å². The molecule has 3 aromatic rings. The summed E-state index contributed by atoms with van der Waals surface area (Å²) < 4.78 is 5.56. The molecule has 2 heterocycles. The van der Waals surface area contributed by atoms with Crippen molar-refractivity contribution in [2.24, 2.45) is 0 Å². The molecule has 1 saturated heterocycles. The topological polar surface area (TPSA) is 71.3 Å². The van der Waals surface area contributed by atoms with Gasteiger partial charge >= 0.3 is 0 Å². The Hall–Kier alpha value is -2.99. The number of aromatic nitrogens is 2. The van der Waals surface area contributed by atoms with Crippen molar-refractivity contribution < 1.29 is 9.32 Å². The molecule has 2 aromatic carbocycles. The van der Waals surface area contributed by atoms with Gasteiger partial charge in [0.25, 0.3) is 0 Å². The van der Waals surface area contributed by atoms with Crippen LogP contribution in [-0.2, 0) is 4.79 Å². The minimum Gasteiger partial charge on any atom is -0.339 e. The third-order valence-corrected chi connectivity index (χ3v) is 5.77. The van der Waals surface area contributed by atoms with E-state index in [0.29, 0.717) is 18.3 Å². The second-order valence-electron chi connectivity index (χ2n) is 8.19. The quantitative estimate of drug-likeness (QED) is 0.679. The van der Waals surface area contributed by atoms with E-state index in [1.54, 1.807) is 0 Å². The molecule has 0 bridgehead atoms. The molecule has 4 rings (SSSR count). The van der Waals surface area contributed by atoms with E-state index in [9.17, 15) is 4.79 Å². The zero-order chi connectivity index (χ0) is 21.1. The zero-order valence-electron chi connectivity index (χ0n) is 17.8. The zero-order valence-corrected chi connectivity index (χ0v) is 17.8. The number of hydrogen-bond acceptors (Lipinski definition) is 5. The van der Waals surface area contributed by atoms with Crippen LogP contribution in [-0.4, -0.2) is 40.6 Å². The van der Waals surface area contributed by atoms with E-state index in [1.165, 1.54) is 5.56 Å². The Morgan fingerprint density at radius 1 is 1.10 bits per heavy atom. The number of benzene rings is 2. The molecule has 6 heteroatoms. The first-order valence-electron chi connectivity index (χ1n) is 10.5. The third kappa shape index (κ3) is 4.60. The maximum Gasteiger partial charge on any atom is 0.238 e. The minimum atomic E-state index is 0.0328. The lowest BCUT2D eigenvalue weighted by atomic mass is 9.96. The maximum atomic E-state index is 12.5. The Morgan fingerprint density at radius 2 is 1.80 bits per heavy atom. The second kappa shape index (κ2) is 8.79. The Labute approximate surface area is 177 Å². The summed E-state index contributed by atoms with van der Waals surface area (Å²) >= 11 is 0. The van der Waals surface area contributed by atoms with Crippen LogP contribution in [0.1, 0.15) is 41.3 Å². The van der Waals surface area contributed by atoms with Crippen LogP contribution >= 0.6 is 0 Å². The second-order valence-corrected chi connectivity index (χ2v) is 8.19. The molecule has 0 aliphatic carbocycles. The lowest BCUT2D eigenvalue weighted by Gasteiger charge is -2.29. The van der Waals surface area contributed by atoms with Crippen molar-refractivity contribution in [3.63, 3.8) is 0 Å².